The van der Waals surface area contributed by atoms with E-state index in [4.69, 9.17) is 4.74 Å². The summed E-state index contributed by atoms with van der Waals surface area (Å²) in [6.45, 7) is 4.15. The molecule has 1 aliphatic rings. The quantitative estimate of drug-likeness (QED) is 0.830. The smallest absolute Gasteiger partial charge is 0.277 e. The van der Waals surface area contributed by atoms with E-state index < -0.39 is 0 Å². The zero-order valence-corrected chi connectivity index (χ0v) is 11.6. The number of hydrogen-bond acceptors (Lipinski definition) is 6. The van der Waals surface area contributed by atoms with Gasteiger partial charge in [-0.1, -0.05) is 5.21 Å². The monoisotopic (exact) mass is 288 g/mol. The Kier molecular flexibility index (Phi) is 3.78. The minimum absolute atomic E-state index is 0.284. The van der Waals surface area contributed by atoms with Crippen molar-refractivity contribution < 1.29 is 9.53 Å². The average molecular weight is 288 g/mol. The molecule has 0 saturated carbocycles. The highest BCUT2D eigenvalue weighted by molar-refractivity contribution is 6.02. The molecule has 3 rings (SSSR count). The van der Waals surface area contributed by atoms with Crippen LogP contribution in [0, 0.1) is 0 Å². The summed E-state index contributed by atoms with van der Waals surface area (Å²) >= 11 is 0. The number of carbonyl (C=O) groups excluding carboxylic acids is 1. The lowest BCUT2D eigenvalue weighted by Gasteiger charge is -2.26. The van der Waals surface area contributed by atoms with Crippen LogP contribution in [0.1, 0.15) is 23.5 Å². The summed E-state index contributed by atoms with van der Waals surface area (Å²) in [5.74, 6) is 0.221. The van der Waals surface area contributed by atoms with Gasteiger partial charge in [0.05, 0.1) is 30.7 Å². The van der Waals surface area contributed by atoms with Crippen LogP contribution in [0.15, 0.2) is 24.5 Å². The second kappa shape index (κ2) is 5.88. The first kappa shape index (κ1) is 13.5. The summed E-state index contributed by atoms with van der Waals surface area (Å²) in [7, 11) is 0. The molecule has 2 aromatic heterocycles. The molecule has 1 fully saturated rings. The van der Waals surface area contributed by atoms with E-state index in [0.29, 0.717) is 18.2 Å². The molecule has 8 nitrogen and oxygen atoms in total. The number of hydrogen-bond donors (Lipinski definition) is 2. The molecule has 0 aromatic carbocycles. The Morgan fingerprint density at radius 2 is 2.38 bits per heavy atom. The Morgan fingerprint density at radius 1 is 1.52 bits per heavy atom. The summed E-state index contributed by atoms with van der Waals surface area (Å²) in [6, 6.07) is 3.72. The number of nitrogens with one attached hydrogen (secondary N) is 2. The number of aromatic nitrogens is 4. The Labute approximate surface area is 121 Å². The highest BCUT2D eigenvalue weighted by Crippen LogP contribution is 2.13. The number of nitrogens with zero attached hydrogens (tertiary/aromatic N) is 4. The van der Waals surface area contributed by atoms with Crippen LogP contribution in [0.4, 0.5) is 5.69 Å². The van der Waals surface area contributed by atoms with Crippen LogP contribution in [-0.2, 0) is 0 Å². The van der Waals surface area contributed by atoms with Gasteiger partial charge in [-0.3, -0.25) is 4.79 Å². The van der Waals surface area contributed by atoms with E-state index in [2.05, 4.69) is 25.9 Å². The minimum atomic E-state index is -0.306. The maximum atomic E-state index is 12.1. The molecule has 1 amide bonds. The van der Waals surface area contributed by atoms with Gasteiger partial charge in [0.25, 0.3) is 5.91 Å². The maximum absolute atomic E-state index is 12.1. The van der Waals surface area contributed by atoms with Gasteiger partial charge in [0.1, 0.15) is 0 Å². The molecule has 8 heteroatoms. The molecule has 2 N–H and O–H groups in total. The van der Waals surface area contributed by atoms with Gasteiger partial charge in [0.15, 0.2) is 5.69 Å². The van der Waals surface area contributed by atoms with Crippen LogP contribution < -0.4 is 15.4 Å². The van der Waals surface area contributed by atoms with E-state index in [1.807, 2.05) is 6.92 Å². The lowest BCUT2D eigenvalue weighted by Crippen LogP contribution is -2.43. The van der Waals surface area contributed by atoms with Crippen LogP contribution in [0.2, 0.25) is 0 Å². The second-order valence-corrected chi connectivity index (χ2v) is 4.67. The van der Waals surface area contributed by atoms with Crippen molar-refractivity contribution in [3.05, 3.63) is 30.2 Å². The van der Waals surface area contributed by atoms with E-state index in [1.165, 1.54) is 0 Å². The largest absolute Gasteiger partial charge is 0.478 e. The summed E-state index contributed by atoms with van der Waals surface area (Å²) in [6.07, 6.45) is 3.20. The van der Waals surface area contributed by atoms with Crippen LogP contribution in [0.3, 0.4) is 0 Å². The normalized spacial score (nSPS) is 14.5. The predicted octanol–water partition coefficient (Wildman–Crippen LogP) is 0.468. The molecule has 0 unspecified atom stereocenters. The molecule has 0 bridgehead atoms. The van der Waals surface area contributed by atoms with Crippen molar-refractivity contribution in [1.82, 2.24) is 25.3 Å². The standard InChI is InChI=1S/C13H16N6O2/c1-2-21-12-4-3-9(5-15-12)16-13(20)11-8-19(18-17-11)10-6-14-7-10/h3-5,8,10,14H,2,6-7H2,1H3,(H,16,20). The van der Waals surface area contributed by atoms with Gasteiger partial charge in [-0.05, 0) is 13.0 Å². The molecule has 1 aliphatic heterocycles. The van der Waals surface area contributed by atoms with Crippen LogP contribution >= 0.6 is 0 Å². The van der Waals surface area contributed by atoms with E-state index in [0.717, 1.165) is 13.1 Å². The molecule has 2 aromatic rings. The average Bonchev–Trinajstić information content (AvgIpc) is 2.89. The first-order chi connectivity index (χ1) is 10.3. The van der Waals surface area contributed by atoms with Crippen molar-refractivity contribution >= 4 is 11.6 Å². The molecule has 1 saturated heterocycles. The zero-order chi connectivity index (χ0) is 14.7. The predicted molar refractivity (Wildman–Crippen MR) is 75.3 cm³/mol. The summed E-state index contributed by atoms with van der Waals surface area (Å²) in [4.78, 5) is 16.1. The van der Waals surface area contributed by atoms with Gasteiger partial charge >= 0.3 is 0 Å². The Bertz CT molecular complexity index is 620. The van der Waals surface area contributed by atoms with Crippen molar-refractivity contribution in [2.24, 2.45) is 0 Å². The number of carbonyl (C=O) groups is 1. The molecular formula is C13H16N6O2. The molecule has 3 heterocycles. The Balaban J connectivity index is 1.63. The highest BCUT2D eigenvalue weighted by atomic mass is 16.5. The molecule has 0 atom stereocenters. The van der Waals surface area contributed by atoms with Gasteiger partial charge in [-0.2, -0.15) is 0 Å². The first-order valence-electron chi connectivity index (χ1n) is 6.79. The van der Waals surface area contributed by atoms with Crippen LogP contribution in [-0.4, -0.2) is 45.6 Å². The highest BCUT2D eigenvalue weighted by Gasteiger charge is 2.21. The van der Waals surface area contributed by atoms with Crippen LogP contribution in [0.25, 0.3) is 0 Å². The second-order valence-electron chi connectivity index (χ2n) is 4.67. The SMILES string of the molecule is CCOc1ccc(NC(=O)c2cn(C3CNC3)nn2)cn1. The topological polar surface area (TPSA) is 94.0 Å². The van der Waals surface area contributed by atoms with Crippen molar-refractivity contribution in [2.45, 2.75) is 13.0 Å². The van der Waals surface area contributed by atoms with Gasteiger partial charge in [0, 0.05) is 19.2 Å². The number of anilines is 1. The number of rotatable bonds is 5. The number of pyridine rings is 1. The maximum Gasteiger partial charge on any atom is 0.277 e. The Hall–Kier alpha value is -2.48. The van der Waals surface area contributed by atoms with E-state index in [1.54, 1.807) is 29.2 Å². The number of amides is 1. The molecule has 0 spiro atoms. The summed E-state index contributed by atoms with van der Waals surface area (Å²) in [5.41, 5.74) is 0.874. The zero-order valence-electron chi connectivity index (χ0n) is 11.6. The van der Waals surface area contributed by atoms with E-state index >= 15 is 0 Å². The lowest BCUT2D eigenvalue weighted by molar-refractivity contribution is 0.102. The lowest BCUT2D eigenvalue weighted by atomic mass is 10.2. The minimum Gasteiger partial charge on any atom is -0.478 e. The van der Waals surface area contributed by atoms with Crippen molar-refractivity contribution in [2.75, 3.05) is 25.0 Å². The molecule has 21 heavy (non-hydrogen) atoms. The third kappa shape index (κ3) is 3.00. The third-order valence-electron chi connectivity index (χ3n) is 3.16. The van der Waals surface area contributed by atoms with Gasteiger partial charge in [-0.15, -0.1) is 5.10 Å². The number of ether oxygens (including phenoxy) is 1. The molecule has 0 radical (unpaired) electrons. The fraction of sp³-hybridized carbons (Fsp3) is 0.385. The van der Waals surface area contributed by atoms with E-state index in [9.17, 15) is 4.79 Å². The fourth-order valence-electron chi connectivity index (χ4n) is 1.90. The van der Waals surface area contributed by atoms with Crippen molar-refractivity contribution in [1.29, 1.82) is 0 Å². The van der Waals surface area contributed by atoms with Gasteiger partial charge in [0.2, 0.25) is 5.88 Å². The summed E-state index contributed by atoms with van der Waals surface area (Å²) in [5, 5.41) is 13.7. The molecular weight excluding hydrogens is 272 g/mol. The third-order valence-corrected chi connectivity index (χ3v) is 3.16. The summed E-state index contributed by atoms with van der Waals surface area (Å²) < 4.78 is 6.95. The first-order valence-corrected chi connectivity index (χ1v) is 6.79. The van der Waals surface area contributed by atoms with Crippen molar-refractivity contribution in [3.8, 4) is 5.88 Å². The molecule has 110 valence electrons. The van der Waals surface area contributed by atoms with Crippen LogP contribution in [0.5, 0.6) is 5.88 Å². The Morgan fingerprint density at radius 3 is 3.00 bits per heavy atom. The van der Waals surface area contributed by atoms with Gasteiger partial charge in [-0.25, -0.2) is 9.67 Å². The van der Waals surface area contributed by atoms with Gasteiger partial charge < -0.3 is 15.4 Å². The van der Waals surface area contributed by atoms with E-state index in [-0.39, 0.29) is 17.6 Å². The molecule has 0 aliphatic carbocycles. The van der Waals surface area contributed by atoms with Crippen molar-refractivity contribution in [3.63, 3.8) is 0 Å². The fourth-order valence-corrected chi connectivity index (χ4v) is 1.90.